The Hall–Kier alpha value is -2.38. The van der Waals surface area contributed by atoms with Crippen LogP contribution in [-0.4, -0.2) is 32.8 Å². The summed E-state index contributed by atoms with van der Waals surface area (Å²) in [7, 11) is -0.757. The van der Waals surface area contributed by atoms with E-state index in [9.17, 15) is 13.2 Å². The van der Waals surface area contributed by atoms with Crippen molar-refractivity contribution in [1.82, 2.24) is 4.31 Å². The molecule has 1 N–H and O–H groups in total. The maximum absolute atomic E-state index is 12.9. The molecule has 0 unspecified atom stereocenters. The van der Waals surface area contributed by atoms with E-state index in [2.05, 4.69) is 5.32 Å². The Morgan fingerprint density at radius 3 is 2.36 bits per heavy atom. The third kappa shape index (κ3) is 4.18. The van der Waals surface area contributed by atoms with Gasteiger partial charge in [0, 0.05) is 26.1 Å². The van der Waals surface area contributed by atoms with Gasteiger partial charge in [0.15, 0.2) is 0 Å². The number of carbonyl (C=O) groups excluding carboxylic acids is 1. The normalized spacial score (nSPS) is 12.7. The molecule has 0 bridgehead atoms. The molecule has 7 heteroatoms. The summed E-state index contributed by atoms with van der Waals surface area (Å²) in [6.07, 6.45) is 0. The lowest BCUT2D eigenvalue weighted by molar-refractivity contribution is -0.114. The monoisotopic (exact) mass is 362 g/mol. The van der Waals surface area contributed by atoms with Gasteiger partial charge in [-0.15, -0.1) is 0 Å². The second-order valence-corrected chi connectivity index (χ2v) is 7.65. The van der Waals surface area contributed by atoms with Crippen LogP contribution in [0.1, 0.15) is 25.5 Å². The molecule has 0 fully saturated rings. The van der Waals surface area contributed by atoms with Crippen LogP contribution in [0, 0.1) is 0 Å². The van der Waals surface area contributed by atoms with Crippen LogP contribution in [0.25, 0.3) is 0 Å². The summed E-state index contributed by atoms with van der Waals surface area (Å²) in [5.41, 5.74) is 1.32. The van der Waals surface area contributed by atoms with Gasteiger partial charge in [0.1, 0.15) is 5.75 Å². The molecule has 0 radical (unpaired) electrons. The molecular weight excluding hydrogens is 340 g/mol. The summed E-state index contributed by atoms with van der Waals surface area (Å²) >= 11 is 0. The lowest BCUT2D eigenvalue weighted by Crippen LogP contribution is -2.29. The van der Waals surface area contributed by atoms with Crippen LogP contribution in [0.2, 0.25) is 0 Å². The second kappa shape index (κ2) is 7.67. The SMILES string of the molecule is COc1cc(S(=O)(=O)N(C)[C@@H](C)c2ccccc2)ccc1NC(C)=O. The molecule has 2 rings (SSSR count). The zero-order valence-corrected chi connectivity index (χ0v) is 15.5. The van der Waals surface area contributed by atoms with Crippen molar-refractivity contribution in [3.63, 3.8) is 0 Å². The van der Waals surface area contributed by atoms with Gasteiger partial charge in [-0.2, -0.15) is 4.31 Å². The lowest BCUT2D eigenvalue weighted by Gasteiger charge is -2.25. The van der Waals surface area contributed by atoms with Gasteiger partial charge in [-0.25, -0.2) is 8.42 Å². The Morgan fingerprint density at radius 1 is 1.16 bits per heavy atom. The Morgan fingerprint density at radius 2 is 1.80 bits per heavy atom. The zero-order chi connectivity index (χ0) is 18.6. The fraction of sp³-hybridized carbons (Fsp3) is 0.278. The number of ether oxygens (including phenoxy) is 1. The van der Waals surface area contributed by atoms with Crippen molar-refractivity contribution in [3.8, 4) is 5.75 Å². The molecule has 0 aliphatic rings. The third-order valence-corrected chi connectivity index (χ3v) is 5.91. The number of methoxy groups -OCH3 is 1. The van der Waals surface area contributed by atoms with Gasteiger partial charge in [-0.3, -0.25) is 4.79 Å². The Balaban J connectivity index is 2.37. The molecule has 25 heavy (non-hydrogen) atoms. The van der Waals surface area contributed by atoms with Crippen molar-refractivity contribution in [2.75, 3.05) is 19.5 Å². The summed E-state index contributed by atoms with van der Waals surface area (Å²) in [5.74, 6) is 0.0285. The van der Waals surface area contributed by atoms with Crippen LogP contribution >= 0.6 is 0 Å². The van der Waals surface area contributed by atoms with Crippen molar-refractivity contribution in [3.05, 3.63) is 54.1 Å². The number of anilines is 1. The number of rotatable bonds is 6. The molecule has 134 valence electrons. The lowest BCUT2D eigenvalue weighted by atomic mass is 10.1. The number of nitrogens with one attached hydrogen (secondary N) is 1. The molecule has 0 aliphatic heterocycles. The maximum Gasteiger partial charge on any atom is 0.243 e. The minimum atomic E-state index is -3.72. The molecular formula is C18H22N2O4S. The first kappa shape index (κ1) is 19.0. The van der Waals surface area contributed by atoms with E-state index >= 15 is 0 Å². The van der Waals surface area contributed by atoms with Crippen molar-refractivity contribution >= 4 is 21.6 Å². The quantitative estimate of drug-likeness (QED) is 0.857. The van der Waals surface area contributed by atoms with Crippen molar-refractivity contribution in [1.29, 1.82) is 0 Å². The molecule has 6 nitrogen and oxygen atoms in total. The Labute approximate surface area is 148 Å². The first-order chi connectivity index (χ1) is 11.8. The molecule has 0 saturated heterocycles. The zero-order valence-electron chi connectivity index (χ0n) is 14.7. The molecule has 0 aliphatic carbocycles. The van der Waals surface area contributed by atoms with Gasteiger partial charge in [0.05, 0.1) is 17.7 Å². The van der Waals surface area contributed by atoms with Crippen LogP contribution in [-0.2, 0) is 14.8 Å². The van der Waals surface area contributed by atoms with E-state index in [1.807, 2.05) is 37.3 Å². The third-order valence-electron chi connectivity index (χ3n) is 3.99. The summed E-state index contributed by atoms with van der Waals surface area (Å²) in [5, 5.41) is 2.61. The molecule has 1 atom stereocenters. The highest BCUT2D eigenvalue weighted by Crippen LogP contribution is 2.31. The van der Waals surface area contributed by atoms with E-state index in [0.717, 1.165) is 5.56 Å². The summed E-state index contributed by atoms with van der Waals surface area (Å²) in [4.78, 5) is 11.3. The molecule has 2 aromatic carbocycles. The van der Waals surface area contributed by atoms with E-state index in [0.29, 0.717) is 5.69 Å². The highest BCUT2D eigenvalue weighted by Gasteiger charge is 2.27. The predicted octanol–water partition coefficient (Wildman–Crippen LogP) is 3.04. The molecule has 2 aromatic rings. The molecule has 0 aromatic heterocycles. The molecule has 0 saturated carbocycles. The van der Waals surface area contributed by atoms with E-state index in [1.165, 1.54) is 36.5 Å². The number of nitrogens with zero attached hydrogens (tertiary/aromatic N) is 1. The van der Waals surface area contributed by atoms with Gasteiger partial charge in [-0.05, 0) is 24.6 Å². The van der Waals surface area contributed by atoms with Crippen LogP contribution in [0.5, 0.6) is 5.75 Å². The van der Waals surface area contributed by atoms with E-state index < -0.39 is 10.0 Å². The fourth-order valence-electron chi connectivity index (χ4n) is 2.44. The number of hydrogen-bond acceptors (Lipinski definition) is 4. The number of amides is 1. The molecule has 0 heterocycles. The van der Waals surface area contributed by atoms with Crippen molar-refractivity contribution in [2.24, 2.45) is 0 Å². The molecule has 0 spiro atoms. The van der Waals surface area contributed by atoms with Crippen LogP contribution in [0.4, 0.5) is 5.69 Å². The van der Waals surface area contributed by atoms with Crippen LogP contribution in [0.3, 0.4) is 0 Å². The van der Waals surface area contributed by atoms with Gasteiger partial charge in [0.25, 0.3) is 0 Å². The van der Waals surface area contributed by atoms with Crippen LogP contribution in [0.15, 0.2) is 53.4 Å². The summed E-state index contributed by atoms with van der Waals surface area (Å²) in [6.45, 7) is 3.20. The topological polar surface area (TPSA) is 75.7 Å². The van der Waals surface area contributed by atoms with Crippen molar-refractivity contribution < 1.29 is 17.9 Å². The van der Waals surface area contributed by atoms with Crippen LogP contribution < -0.4 is 10.1 Å². The fourth-order valence-corrected chi connectivity index (χ4v) is 3.81. The number of carbonyl (C=O) groups is 1. The Kier molecular flexibility index (Phi) is 5.81. The first-order valence-electron chi connectivity index (χ1n) is 7.76. The second-order valence-electron chi connectivity index (χ2n) is 5.65. The largest absolute Gasteiger partial charge is 0.495 e. The standard InChI is InChI=1S/C18H22N2O4S/c1-13(15-8-6-5-7-9-15)20(3)25(22,23)16-10-11-17(19-14(2)21)18(12-16)24-4/h5-13H,1-4H3,(H,19,21)/t13-/m0/s1. The average Bonchev–Trinajstić information content (AvgIpc) is 2.60. The first-order valence-corrected chi connectivity index (χ1v) is 9.20. The van der Waals surface area contributed by atoms with Crippen molar-refractivity contribution in [2.45, 2.75) is 24.8 Å². The van der Waals surface area contributed by atoms with E-state index in [1.54, 1.807) is 7.05 Å². The van der Waals surface area contributed by atoms with E-state index in [-0.39, 0.29) is 22.6 Å². The van der Waals surface area contributed by atoms with Gasteiger partial charge in [-0.1, -0.05) is 30.3 Å². The number of benzene rings is 2. The number of sulfonamides is 1. The Bertz CT molecular complexity index is 851. The minimum Gasteiger partial charge on any atom is -0.495 e. The summed E-state index contributed by atoms with van der Waals surface area (Å²) in [6, 6.07) is 13.5. The van der Waals surface area contributed by atoms with Gasteiger partial charge in [0.2, 0.25) is 15.9 Å². The highest BCUT2D eigenvalue weighted by molar-refractivity contribution is 7.89. The smallest absolute Gasteiger partial charge is 0.243 e. The maximum atomic E-state index is 12.9. The number of hydrogen-bond donors (Lipinski definition) is 1. The van der Waals surface area contributed by atoms with E-state index in [4.69, 9.17) is 4.74 Å². The highest BCUT2D eigenvalue weighted by atomic mass is 32.2. The summed E-state index contributed by atoms with van der Waals surface area (Å²) < 4.78 is 32.4. The van der Waals surface area contributed by atoms with Gasteiger partial charge >= 0.3 is 0 Å². The van der Waals surface area contributed by atoms with Gasteiger partial charge < -0.3 is 10.1 Å². The minimum absolute atomic E-state index is 0.101. The average molecular weight is 362 g/mol. The molecule has 1 amide bonds. The predicted molar refractivity (Wildman–Crippen MR) is 97.1 cm³/mol.